The van der Waals surface area contributed by atoms with Crippen molar-refractivity contribution in [3.8, 4) is 0 Å². The summed E-state index contributed by atoms with van der Waals surface area (Å²) in [5.74, 6) is 0.737. The molecular formula is C13H19N3O. The minimum Gasteiger partial charge on any atom is -0.341 e. The number of carbonyl (C=O) groups is 1. The predicted octanol–water partition coefficient (Wildman–Crippen LogP) is 1.04. The summed E-state index contributed by atoms with van der Waals surface area (Å²) in [6.07, 6.45) is 5.33. The lowest BCUT2D eigenvalue weighted by Gasteiger charge is -2.18. The predicted molar refractivity (Wildman–Crippen MR) is 66.3 cm³/mol. The Kier molecular flexibility index (Phi) is 4.09. The molecule has 0 aromatic carbocycles. The highest BCUT2D eigenvalue weighted by atomic mass is 16.2. The van der Waals surface area contributed by atoms with Gasteiger partial charge >= 0.3 is 0 Å². The molecule has 0 saturated carbocycles. The number of amides is 1. The molecule has 1 saturated heterocycles. The molecule has 1 atom stereocenters. The Morgan fingerprint density at radius 1 is 1.65 bits per heavy atom. The van der Waals surface area contributed by atoms with Crippen LogP contribution in [0.15, 0.2) is 24.5 Å². The van der Waals surface area contributed by atoms with Gasteiger partial charge in [-0.25, -0.2) is 0 Å². The number of hydrogen-bond acceptors (Lipinski definition) is 3. The van der Waals surface area contributed by atoms with Crippen LogP contribution in [0.4, 0.5) is 0 Å². The molecule has 1 aromatic heterocycles. The van der Waals surface area contributed by atoms with Gasteiger partial charge in [-0.3, -0.25) is 9.78 Å². The SMILES string of the molecule is CN(Cc1cccnc1)C(=O)CC1CCNC1. The minimum absolute atomic E-state index is 0.225. The van der Waals surface area contributed by atoms with E-state index in [2.05, 4.69) is 10.3 Å². The van der Waals surface area contributed by atoms with Crippen molar-refractivity contribution in [2.75, 3.05) is 20.1 Å². The molecule has 1 unspecified atom stereocenters. The van der Waals surface area contributed by atoms with Crippen molar-refractivity contribution in [3.63, 3.8) is 0 Å². The Bertz CT molecular complexity index is 360. The van der Waals surface area contributed by atoms with Crippen molar-refractivity contribution >= 4 is 5.91 Å². The fourth-order valence-corrected chi connectivity index (χ4v) is 2.15. The van der Waals surface area contributed by atoms with Crippen LogP contribution in [0.3, 0.4) is 0 Å². The van der Waals surface area contributed by atoms with E-state index in [-0.39, 0.29) is 5.91 Å². The van der Waals surface area contributed by atoms with Gasteiger partial charge in [0.1, 0.15) is 0 Å². The second kappa shape index (κ2) is 5.77. The van der Waals surface area contributed by atoms with Crippen LogP contribution in [0.1, 0.15) is 18.4 Å². The van der Waals surface area contributed by atoms with E-state index in [0.717, 1.165) is 25.1 Å². The molecule has 0 spiro atoms. The highest BCUT2D eigenvalue weighted by Crippen LogP contribution is 2.14. The zero-order valence-electron chi connectivity index (χ0n) is 10.2. The lowest BCUT2D eigenvalue weighted by atomic mass is 10.0. The minimum atomic E-state index is 0.225. The normalized spacial score (nSPS) is 19.2. The summed E-state index contributed by atoms with van der Waals surface area (Å²) in [5, 5.41) is 3.29. The van der Waals surface area contributed by atoms with E-state index >= 15 is 0 Å². The number of carbonyl (C=O) groups excluding carboxylic acids is 1. The second-order valence-corrected chi connectivity index (χ2v) is 4.67. The van der Waals surface area contributed by atoms with Gasteiger partial charge in [-0.2, -0.15) is 0 Å². The van der Waals surface area contributed by atoms with E-state index in [1.807, 2.05) is 19.2 Å². The molecule has 4 nitrogen and oxygen atoms in total. The van der Waals surface area contributed by atoms with Crippen molar-refractivity contribution in [1.29, 1.82) is 0 Å². The van der Waals surface area contributed by atoms with Gasteiger partial charge in [-0.1, -0.05) is 6.07 Å². The quantitative estimate of drug-likeness (QED) is 0.845. The fourth-order valence-electron chi connectivity index (χ4n) is 2.15. The molecule has 4 heteroatoms. The summed E-state index contributed by atoms with van der Waals surface area (Å²) in [7, 11) is 1.86. The van der Waals surface area contributed by atoms with Crippen molar-refractivity contribution in [2.45, 2.75) is 19.4 Å². The number of nitrogens with zero attached hydrogens (tertiary/aromatic N) is 2. The first-order valence-electron chi connectivity index (χ1n) is 6.09. The summed E-state index contributed by atoms with van der Waals surface area (Å²) in [6.45, 7) is 2.67. The Balaban J connectivity index is 1.82. The molecular weight excluding hydrogens is 214 g/mol. The topological polar surface area (TPSA) is 45.2 Å². The van der Waals surface area contributed by atoms with Crippen LogP contribution in [0.2, 0.25) is 0 Å². The summed E-state index contributed by atoms with van der Waals surface area (Å²) in [6, 6.07) is 3.89. The van der Waals surface area contributed by atoms with Crippen molar-refractivity contribution in [2.24, 2.45) is 5.92 Å². The van der Waals surface area contributed by atoms with Gasteiger partial charge in [-0.15, -0.1) is 0 Å². The van der Waals surface area contributed by atoms with Crippen LogP contribution >= 0.6 is 0 Å². The van der Waals surface area contributed by atoms with E-state index in [1.54, 1.807) is 17.3 Å². The van der Waals surface area contributed by atoms with Gasteiger partial charge in [0.15, 0.2) is 0 Å². The Morgan fingerprint density at radius 3 is 3.18 bits per heavy atom. The zero-order chi connectivity index (χ0) is 12.1. The van der Waals surface area contributed by atoms with Gasteiger partial charge in [0.05, 0.1) is 0 Å². The largest absolute Gasteiger partial charge is 0.341 e. The van der Waals surface area contributed by atoms with Crippen LogP contribution in [-0.4, -0.2) is 35.9 Å². The maximum atomic E-state index is 12.0. The number of aromatic nitrogens is 1. The van der Waals surface area contributed by atoms with Crippen molar-refractivity contribution < 1.29 is 4.79 Å². The zero-order valence-corrected chi connectivity index (χ0v) is 10.2. The van der Waals surface area contributed by atoms with Crippen molar-refractivity contribution in [3.05, 3.63) is 30.1 Å². The van der Waals surface area contributed by atoms with Crippen LogP contribution in [0.25, 0.3) is 0 Å². The van der Waals surface area contributed by atoms with Gasteiger partial charge in [0, 0.05) is 32.4 Å². The summed E-state index contributed by atoms with van der Waals surface area (Å²) in [4.78, 5) is 17.8. The molecule has 1 aromatic rings. The smallest absolute Gasteiger partial charge is 0.222 e. The molecule has 1 N–H and O–H groups in total. The van der Waals surface area contributed by atoms with Gasteiger partial charge < -0.3 is 10.2 Å². The number of pyridine rings is 1. The monoisotopic (exact) mass is 233 g/mol. The third-order valence-electron chi connectivity index (χ3n) is 3.19. The van der Waals surface area contributed by atoms with Crippen molar-refractivity contribution in [1.82, 2.24) is 15.2 Å². The summed E-state index contributed by atoms with van der Waals surface area (Å²) >= 11 is 0. The van der Waals surface area contributed by atoms with E-state index in [9.17, 15) is 4.79 Å². The molecule has 92 valence electrons. The molecule has 1 aliphatic heterocycles. The number of hydrogen-bond donors (Lipinski definition) is 1. The first kappa shape index (κ1) is 12.0. The average molecular weight is 233 g/mol. The average Bonchev–Trinajstić information content (AvgIpc) is 2.83. The fraction of sp³-hybridized carbons (Fsp3) is 0.538. The lowest BCUT2D eigenvalue weighted by molar-refractivity contribution is -0.131. The van der Waals surface area contributed by atoms with Crippen LogP contribution in [-0.2, 0) is 11.3 Å². The maximum Gasteiger partial charge on any atom is 0.222 e. The van der Waals surface area contributed by atoms with Crippen LogP contribution < -0.4 is 5.32 Å². The highest BCUT2D eigenvalue weighted by molar-refractivity contribution is 5.76. The molecule has 0 radical (unpaired) electrons. The van der Waals surface area contributed by atoms with Crippen LogP contribution in [0.5, 0.6) is 0 Å². The third kappa shape index (κ3) is 3.53. The number of nitrogens with one attached hydrogen (secondary N) is 1. The van der Waals surface area contributed by atoms with E-state index in [1.165, 1.54) is 0 Å². The molecule has 17 heavy (non-hydrogen) atoms. The first-order chi connectivity index (χ1) is 8.25. The van der Waals surface area contributed by atoms with E-state index in [0.29, 0.717) is 18.9 Å². The van der Waals surface area contributed by atoms with Gasteiger partial charge in [0.25, 0.3) is 0 Å². The Labute approximate surface area is 102 Å². The van der Waals surface area contributed by atoms with Crippen LogP contribution in [0, 0.1) is 5.92 Å². The molecule has 1 fully saturated rings. The summed E-state index contributed by atoms with van der Waals surface area (Å²) in [5.41, 5.74) is 1.08. The lowest BCUT2D eigenvalue weighted by Crippen LogP contribution is -2.28. The third-order valence-corrected chi connectivity index (χ3v) is 3.19. The molecule has 1 amide bonds. The number of rotatable bonds is 4. The molecule has 2 heterocycles. The maximum absolute atomic E-state index is 12.0. The van der Waals surface area contributed by atoms with Gasteiger partial charge in [-0.05, 0) is 37.1 Å². The Hall–Kier alpha value is -1.42. The first-order valence-corrected chi connectivity index (χ1v) is 6.09. The second-order valence-electron chi connectivity index (χ2n) is 4.67. The highest BCUT2D eigenvalue weighted by Gasteiger charge is 2.20. The van der Waals surface area contributed by atoms with E-state index in [4.69, 9.17) is 0 Å². The molecule has 2 rings (SSSR count). The molecule has 1 aliphatic rings. The summed E-state index contributed by atoms with van der Waals surface area (Å²) < 4.78 is 0. The Morgan fingerprint density at radius 2 is 2.53 bits per heavy atom. The molecule has 0 bridgehead atoms. The van der Waals surface area contributed by atoms with Gasteiger partial charge in [0.2, 0.25) is 5.91 Å². The molecule has 0 aliphatic carbocycles. The standard InChI is InChI=1S/C13H19N3O/c1-16(10-12-3-2-5-14-9-12)13(17)7-11-4-6-15-8-11/h2-3,5,9,11,15H,4,6-8,10H2,1H3. The van der Waals surface area contributed by atoms with E-state index < -0.39 is 0 Å².